The van der Waals surface area contributed by atoms with Gasteiger partial charge in [0.25, 0.3) is 0 Å². The highest BCUT2D eigenvalue weighted by molar-refractivity contribution is 5.11. The van der Waals surface area contributed by atoms with Gasteiger partial charge < -0.3 is 15.2 Å². The van der Waals surface area contributed by atoms with E-state index in [1.807, 2.05) is 19.1 Å². The van der Waals surface area contributed by atoms with Gasteiger partial charge in [-0.05, 0) is 18.6 Å². The summed E-state index contributed by atoms with van der Waals surface area (Å²) in [5, 5.41) is 13.3. The van der Waals surface area contributed by atoms with Gasteiger partial charge in [-0.2, -0.15) is 0 Å². The van der Waals surface area contributed by atoms with Crippen molar-refractivity contribution in [2.45, 2.75) is 18.9 Å². The first-order valence-corrected chi connectivity index (χ1v) is 5.45. The van der Waals surface area contributed by atoms with E-state index in [1.54, 1.807) is 19.5 Å². The van der Waals surface area contributed by atoms with Crippen molar-refractivity contribution in [3.8, 4) is 0 Å². The summed E-state index contributed by atoms with van der Waals surface area (Å²) >= 11 is 0. The van der Waals surface area contributed by atoms with Gasteiger partial charge >= 0.3 is 0 Å². The third-order valence-corrected chi connectivity index (χ3v) is 2.30. The number of pyridine rings is 1. The molecular formula is C12H20N2O2. The Morgan fingerprint density at radius 1 is 1.56 bits per heavy atom. The molecule has 1 aromatic heterocycles. The Bertz CT molecular complexity index is 288. The molecule has 4 nitrogen and oxygen atoms in total. The molecule has 90 valence electrons. The summed E-state index contributed by atoms with van der Waals surface area (Å²) in [6.07, 6.45) is 4.11. The van der Waals surface area contributed by atoms with Gasteiger partial charge in [0.1, 0.15) is 0 Å². The molecule has 4 heteroatoms. The van der Waals surface area contributed by atoms with Gasteiger partial charge in [0.2, 0.25) is 0 Å². The van der Waals surface area contributed by atoms with Crippen LogP contribution in [0.3, 0.4) is 0 Å². The molecule has 0 radical (unpaired) electrons. The molecule has 0 aliphatic rings. The van der Waals surface area contributed by atoms with Crippen LogP contribution in [-0.4, -0.2) is 42.5 Å². The number of nitrogens with zero attached hydrogens (tertiary/aromatic N) is 1. The summed E-state index contributed by atoms with van der Waals surface area (Å²) in [7, 11) is 1.66. The molecule has 2 N–H and O–H groups in total. The normalized spacial score (nSPS) is 14.7. The van der Waals surface area contributed by atoms with Crippen molar-refractivity contribution in [3.63, 3.8) is 0 Å². The zero-order valence-corrected chi connectivity index (χ0v) is 9.94. The van der Waals surface area contributed by atoms with Crippen molar-refractivity contribution in [2.75, 3.05) is 26.8 Å². The van der Waals surface area contributed by atoms with Crippen molar-refractivity contribution in [1.29, 1.82) is 0 Å². The van der Waals surface area contributed by atoms with E-state index in [0.717, 1.165) is 12.1 Å². The Morgan fingerprint density at radius 2 is 2.38 bits per heavy atom. The fourth-order valence-corrected chi connectivity index (χ4v) is 1.54. The van der Waals surface area contributed by atoms with Crippen LogP contribution in [0.4, 0.5) is 0 Å². The number of rotatable bonds is 7. The van der Waals surface area contributed by atoms with Crippen molar-refractivity contribution in [2.24, 2.45) is 0 Å². The molecule has 0 aromatic carbocycles. The van der Waals surface area contributed by atoms with Crippen molar-refractivity contribution in [3.05, 3.63) is 30.1 Å². The lowest BCUT2D eigenvalue weighted by molar-refractivity contribution is 0.0581. The minimum Gasteiger partial charge on any atom is -0.389 e. The topological polar surface area (TPSA) is 54.4 Å². The van der Waals surface area contributed by atoms with Crippen molar-refractivity contribution < 1.29 is 9.84 Å². The van der Waals surface area contributed by atoms with E-state index in [9.17, 15) is 5.11 Å². The van der Waals surface area contributed by atoms with Crippen LogP contribution in [0.1, 0.15) is 12.5 Å². The van der Waals surface area contributed by atoms with Crippen molar-refractivity contribution in [1.82, 2.24) is 10.3 Å². The molecule has 0 saturated heterocycles. The molecule has 1 unspecified atom stereocenters. The summed E-state index contributed by atoms with van der Waals surface area (Å²) in [4.78, 5) is 4.03. The van der Waals surface area contributed by atoms with Crippen molar-refractivity contribution >= 4 is 0 Å². The standard InChI is InChI=1S/C12H20N2O2/c1-12(15,10-14-6-7-16-2)8-11-4-3-5-13-9-11/h3-5,9,14-15H,6-8,10H2,1-2H3. The molecule has 1 aromatic rings. The molecule has 0 spiro atoms. The third-order valence-electron chi connectivity index (χ3n) is 2.30. The molecular weight excluding hydrogens is 204 g/mol. The smallest absolute Gasteiger partial charge is 0.0784 e. The van der Waals surface area contributed by atoms with E-state index < -0.39 is 5.60 Å². The van der Waals surface area contributed by atoms with Gasteiger partial charge in [0.05, 0.1) is 12.2 Å². The van der Waals surface area contributed by atoms with Crippen LogP contribution >= 0.6 is 0 Å². The lowest BCUT2D eigenvalue weighted by atomic mass is 9.98. The molecule has 0 amide bonds. The summed E-state index contributed by atoms with van der Waals surface area (Å²) < 4.78 is 4.92. The number of aliphatic hydroxyl groups is 1. The molecule has 0 aliphatic carbocycles. The summed E-state index contributed by atoms with van der Waals surface area (Å²) in [5.41, 5.74) is 0.289. The summed E-state index contributed by atoms with van der Waals surface area (Å²) in [5.74, 6) is 0. The molecule has 1 atom stereocenters. The summed E-state index contributed by atoms with van der Waals surface area (Å²) in [6, 6.07) is 3.85. The fraction of sp³-hybridized carbons (Fsp3) is 0.583. The molecule has 0 aliphatic heterocycles. The summed E-state index contributed by atoms with van der Waals surface area (Å²) in [6.45, 7) is 3.77. The van der Waals surface area contributed by atoms with E-state index >= 15 is 0 Å². The van der Waals surface area contributed by atoms with Crippen LogP contribution in [0, 0.1) is 0 Å². The predicted octanol–water partition coefficient (Wildman–Crippen LogP) is 0.611. The van der Waals surface area contributed by atoms with Crippen LogP contribution < -0.4 is 5.32 Å². The second kappa shape index (κ2) is 6.58. The van der Waals surface area contributed by atoms with Crippen LogP contribution in [0.2, 0.25) is 0 Å². The first-order valence-electron chi connectivity index (χ1n) is 5.45. The van der Waals surface area contributed by atoms with Crippen LogP contribution in [-0.2, 0) is 11.2 Å². The maximum atomic E-state index is 10.1. The quantitative estimate of drug-likeness (QED) is 0.666. The highest BCUT2D eigenvalue weighted by atomic mass is 16.5. The van der Waals surface area contributed by atoms with Gasteiger partial charge in [0.15, 0.2) is 0 Å². The van der Waals surface area contributed by atoms with Gasteiger partial charge in [0, 0.05) is 39.0 Å². The lowest BCUT2D eigenvalue weighted by Crippen LogP contribution is -2.40. The number of methoxy groups -OCH3 is 1. The number of aromatic nitrogens is 1. The minimum absolute atomic E-state index is 0.547. The molecule has 0 fully saturated rings. The monoisotopic (exact) mass is 224 g/mol. The molecule has 1 rings (SSSR count). The zero-order chi connectivity index (χ0) is 11.9. The maximum Gasteiger partial charge on any atom is 0.0784 e. The van der Waals surface area contributed by atoms with E-state index in [2.05, 4.69) is 10.3 Å². The second-order valence-corrected chi connectivity index (χ2v) is 4.20. The molecule has 1 heterocycles. The number of hydrogen-bond acceptors (Lipinski definition) is 4. The second-order valence-electron chi connectivity index (χ2n) is 4.20. The Kier molecular flexibility index (Phi) is 5.38. The van der Waals surface area contributed by atoms with Gasteiger partial charge in [-0.1, -0.05) is 6.07 Å². The highest BCUT2D eigenvalue weighted by Crippen LogP contribution is 2.10. The van der Waals surface area contributed by atoms with Crippen LogP contribution in [0.15, 0.2) is 24.5 Å². The molecule has 0 saturated carbocycles. The van der Waals surface area contributed by atoms with Crippen LogP contribution in [0.25, 0.3) is 0 Å². The lowest BCUT2D eigenvalue weighted by Gasteiger charge is -2.23. The fourth-order valence-electron chi connectivity index (χ4n) is 1.54. The minimum atomic E-state index is -0.753. The third kappa shape index (κ3) is 5.21. The predicted molar refractivity (Wildman–Crippen MR) is 63.3 cm³/mol. The van der Waals surface area contributed by atoms with E-state index in [0.29, 0.717) is 19.6 Å². The Morgan fingerprint density at radius 3 is 3.00 bits per heavy atom. The Balaban J connectivity index is 2.33. The zero-order valence-electron chi connectivity index (χ0n) is 9.94. The Labute approximate surface area is 96.7 Å². The van der Waals surface area contributed by atoms with Crippen LogP contribution in [0.5, 0.6) is 0 Å². The van der Waals surface area contributed by atoms with Gasteiger partial charge in [-0.15, -0.1) is 0 Å². The van der Waals surface area contributed by atoms with E-state index in [1.165, 1.54) is 0 Å². The number of ether oxygens (including phenoxy) is 1. The van der Waals surface area contributed by atoms with Gasteiger partial charge in [-0.25, -0.2) is 0 Å². The number of nitrogens with one attached hydrogen (secondary N) is 1. The first kappa shape index (κ1) is 13.1. The molecule has 16 heavy (non-hydrogen) atoms. The van der Waals surface area contributed by atoms with E-state index in [-0.39, 0.29) is 0 Å². The highest BCUT2D eigenvalue weighted by Gasteiger charge is 2.20. The SMILES string of the molecule is COCCNCC(C)(O)Cc1cccnc1. The van der Waals surface area contributed by atoms with Gasteiger partial charge in [-0.3, -0.25) is 4.98 Å². The average molecular weight is 224 g/mol. The maximum absolute atomic E-state index is 10.1. The number of hydrogen-bond donors (Lipinski definition) is 2. The Hall–Kier alpha value is -0.970. The molecule has 0 bridgehead atoms. The first-order chi connectivity index (χ1) is 7.64. The van der Waals surface area contributed by atoms with E-state index in [4.69, 9.17) is 4.74 Å². The average Bonchev–Trinajstić information content (AvgIpc) is 2.25. The largest absolute Gasteiger partial charge is 0.389 e.